The van der Waals surface area contributed by atoms with E-state index in [9.17, 15) is 0 Å². The van der Waals surface area contributed by atoms with E-state index in [1.54, 1.807) is 7.11 Å². The highest BCUT2D eigenvalue weighted by Crippen LogP contribution is 2.20. The molecular weight excluding hydrogens is 260 g/mol. The van der Waals surface area contributed by atoms with Crippen molar-refractivity contribution in [2.24, 2.45) is 0 Å². The first kappa shape index (κ1) is 16.3. The molecule has 0 spiro atoms. The van der Waals surface area contributed by atoms with Gasteiger partial charge in [-0.25, -0.2) is 0 Å². The lowest BCUT2D eigenvalue weighted by Gasteiger charge is -2.23. The van der Waals surface area contributed by atoms with Gasteiger partial charge >= 0.3 is 0 Å². The van der Waals surface area contributed by atoms with Gasteiger partial charge in [-0.05, 0) is 69.9 Å². The van der Waals surface area contributed by atoms with Crippen LogP contribution in [0.15, 0.2) is 24.3 Å². The van der Waals surface area contributed by atoms with Crippen molar-refractivity contribution in [2.45, 2.75) is 51.6 Å². The maximum Gasteiger partial charge on any atom is 0.118 e. The normalized spacial score (nSPS) is 21.8. The van der Waals surface area contributed by atoms with E-state index in [2.05, 4.69) is 36.2 Å². The summed E-state index contributed by atoms with van der Waals surface area (Å²) >= 11 is 0. The van der Waals surface area contributed by atoms with Gasteiger partial charge in [0.05, 0.1) is 7.11 Å². The van der Waals surface area contributed by atoms with E-state index in [0.29, 0.717) is 12.1 Å². The summed E-state index contributed by atoms with van der Waals surface area (Å²) < 4.78 is 5.22. The maximum atomic E-state index is 5.22. The minimum Gasteiger partial charge on any atom is -0.497 e. The first-order valence-corrected chi connectivity index (χ1v) is 8.35. The summed E-state index contributed by atoms with van der Waals surface area (Å²) in [6.07, 6.45) is 5.13. The van der Waals surface area contributed by atoms with Crippen LogP contribution in [0.4, 0.5) is 0 Å². The fraction of sp³-hybridized carbons (Fsp3) is 0.667. The third-order valence-corrected chi connectivity index (χ3v) is 4.46. The molecule has 1 aromatic carbocycles. The van der Waals surface area contributed by atoms with Crippen LogP contribution in [-0.4, -0.2) is 37.7 Å². The van der Waals surface area contributed by atoms with E-state index in [4.69, 9.17) is 4.74 Å². The Balaban J connectivity index is 1.85. The standard InChI is InChI=1S/C18H30N2O/c1-4-12-20-13-5-6-17(11-14-20)19-15(2)16-7-9-18(21-3)10-8-16/h7-10,15,17,19H,4-6,11-14H2,1-3H3. The molecule has 1 heterocycles. The third kappa shape index (κ3) is 5.01. The number of hydrogen-bond acceptors (Lipinski definition) is 3. The molecule has 0 bridgehead atoms. The van der Waals surface area contributed by atoms with Crippen molar-refractivity contribution in [3.63, 3.8) is 0 Å². The van der Waals surface area contributed by atoms with Crippen molar-refractivity contribution in [3.05, 3.63) is 29.8 Å². The molecule has 1 aliphatic heterocycles. The summed E-state index contributed by atoms with van der Waals surface area (Å²) in [5.41, 5.74) is 1.34. The molecule has 2 atom stereocenters. The Kier molecular flexibility index (Phi) is 6.52. The summed E-state index contributed by atoms with van der Waals surface area (Å²) in [4.78, 5) is 2.61. The van der Waals surface area contributed by atoms with E-state index in [1.807, 2.05) is 12.1 Å². The van der Waals surface area contributed by atoms with E-state index < -0.39 is 0 Å². The van der Waals surface area contributed by atoms with Crippen molar-refractivity contribution in [1.29, 1.82) is 0 Å². The monoisotopic (exact) mass is 290 g/mol. The average Bonchev–Trinajstić information content (AvgIpc) is 2.73. The van der Waals surface area contributed by atoms with Gasteiger partial charge < -0.3 is 15.0 Å². The van der Waals surface area contributed by atoms with Crippen molar-refractivity contribution >= 4 is 0 Å². The van der Waals surface area contributed by atoms with Gasteiger partial charge in [0.1, 0.15) is 5.75 Å². The lowest BCUT2D eigenvalue weighted by molar-refractivity contribution is 0.281. The smallest absolute Gasteiger partial charge is 0.118 e. The summed E-state index contributed by atoms with van der Waals surface area (Å²) in [6.45, 7) is 8.29. The number of methoxy groups -OCH3 is 1. The molecule has 2 unspecified atom stereocenters. The topological polar surface area (TPSA) is 24.5 Å². The second kappa shape index (κ2) is 8.40. The number of nitrogens with one attached hydrogen (secondary N) is 1. The van der Waals surface area contributed by atoms with Crippen molar-refractivity contribution in [1.82, 2.24) is 10.2 Å². The molecule has 0 aliphatic carbocycles. The van der Waals surface area contributed by atoms with E-state index in [0.717, 1.165) is 5.75 Å². The second-order valence-corrected chi connectivity index (χ2v) is 6.13. The molecule has 0 aromatic heterocycles. The highest BCUT2D eigenvalue weighted by atomic mass is 16.5. The number of nitrogens with zero attached hydrogens (tertiary/aromatic N) is 1. The molecule has 3 heteroatoms. The number of rotatable bonds is 6. The van der Waals surface area contributed by atoms with Crippen LogP contribution in [0.25, 0.3) is 0 Å². The number of ether oxygens (including phenoxy) is 1. The van der Waals surface area contributed by atoms with Crippen LogP contribution in [0.3, 0.4) is 0 Å². The zero-order chi connectivity index (χ0) is 15.1. The van der Waals surface area contributed by atoms with E-state index in [1.165, 1.54) is 50.9 Å². The zero-order valence-corrected chi connectivity index (χ0v) is 13.8. The molecule has 1 saturated heterocycles. The van der Waals surface area contributed by atoms with Crippen molar-refractivity contribution in [2.75, 3.05) is 26.7 Å². The van der Waals surface area contributed by atoms with Gasteiger partial charge in [-0.3, -0.25) is 0 Å². The minimum atomic E-state index is 0.402. The Hall–Kier alpha value is -1.06. The summed E-state index contributed by atoms with van der Waals surface area (Å²) in [7, 11) is 1.71. The molecule has 0 amide bonds. The highest BCUT2D eigenvalue weighted by molar-refractivity contribution is 5.28. The van der Waals surface area contributed by atoms with Gasteiger partial charge in [-0.15, -0.1) is 0 Å². The van der Waals surface area contributed by atoms with Crippen LogP contribution in [0.5, 0.6) is 5.75 Å². The largest absolute Gasteiger partial charge is 0.497 e. The van der Waals surface area contributed by atoms with Crippen LogP contribution in [0.2, 0.25) is 0 Å². The summed E-state index contributed by atoms with van der Waals surface area (Å²) in [5, 5.41) is 3.81. The van der Waals surface area contributed by atoms with Gasteiger partial charge in [0.15, 0.2) is 0 Å². The SMILES string of the molecule is CCCN1CCCC(NC(C)c2ccc(OC)cc2)CC1. The Bertz CT molecular complexity index is 404. The molecule has 1 aromatic rings. The number of benzene rings is 1. The zero-order valence-electron chi connectivity index (χ0n) is 13.8. The van der Waals surface area contributed by atoms with Crippen molar-refractivity contribution < 1.29 is 4.74 Å². The van der Waals surface area contributed by atoms with Crippen LogP contribution in [0.1, 0.15) is 51.1 Å². The second-order valence-electron chi connectivity index (χ2n) is 6.13. The third-order valence-electron chi connectivity index (χ3n) is 4.46. The van der Waals surface area contributed by atoms with Gasteiger partial charge in [0.25, 0.3) is 0 Å². The van der Waals surface area contributed by atoms with Crippen LogP contribution < -0.4 is 10.1 Å². The van der Waals surface area contributed by atoms with Crippen LogP contribution in [0, 0.1) is 0 Å². The fourth-order valence-corrected chi connectivity index (χ4v) is 3.20. The Morgan fingerprint density at radius 1 is 1.24 bits per heavy atom. The summed E-state index contributed by atoms with van der Waals surface area (Å²) in [6, 6.07) is 9.46. The molecule has 0 radical (unpaired) electrons. The van der Waals surface area contributed by atoms with Gasteiger partial charge in [0, 0.05) is 12.1 Å². The molecule has 118 valence electrons. The molecule has 3 nitrogen and oxygen atoms in total. The molecule has 2 rings (SSSR count). The van der Waals surface area contributed by atoms with Crippen LogP contribution in [-0.2, 0) is 0 Å². The predicted octanol–water partition coefficient (Wildman–Crippen LogP) is 3.61. The number of likely N-dealkylation sites (tertiary alicyclic amines) is 1. The van der Waals surface area contributed by atoms with Gasteiger partial charge in [-0.1, -0.05) is 19.1 Å². The molecule has 1 N–H and O–H groups in total. The first-order chi connectivity index (χ1) is 10.2. The maximum absolute atomic E-state index is 5.22. The number of hydrogen-bond donors (Lipinski definition) is 1. The van der Waals surface area contributed by atoms with Crippen LogP contribution >= 0.6 is 0 Å². The first-order valence-electron chi connectivity index (χ1n) is 8.35. The predicted molar refractivity (Wildman–Crippen MR) is 88.9 cm³/mol. The van der Waals surface area contributed by atoms with E-state index >= 15 is 0 Å². The Morgan fingerprint density at radius 2 is 2.00 bits per heavy atom. The van der Waals surface area contributed by atoms with E-state index in [-0.39, 0.29) is 0 Å². The molecule has 21 heavy (non-hydrogen) atoms. The van der Waals surface area contributed by atoms with Gasteiger partial charge in [0.2, 0.25) is 0 Å². The average molecular weight is 290 g/mol. The lowest BCUT2D eigenvalue weighted by Crippen LogP contribution is -2.33. The Morgan fingerprint density at radius 3 is 2.67 bits per heavy atom. The van der Waals surface area contributed by atoms with Gasteiger partial charge in [-0.2, -0.15) is 0 Å². The molecule has 0 saturated carbocycles. The minimum absolute atomic E-state index is 0.402. The molecular formula is C18H30N2O. The van der Waals surface area contributed by atoms with Crippen molar-refractivity contribution in [3.8, 4) is 5.75 Å². The summed E-state index contributed by atoms with van der Waals surface area (Å²) in [5.74, 6) is 0.927. The quantitative estimate of drug-likeness (QED) is 0.866. The lowest BCUT2D eigenvalue weighted by atomic mass is 10.0. The Labute approximate surface area is 129 Å². The molecule has 1 fully saturated rings. The fourth-order valence-electron chi connectivity index (χ4n) is 3.20. The highest BCUT2D eigenvalue weighted by Gasteiger charge is 2.18. The molecule has 1 aliphatic rings.